The predicted molar refractivity (Wildman–Crippen MR) is 67.1 cm³/mol. The molecule has 4 heteroatoms. The molecule has 0 bridgehead atoms. The van der Waals surface area contributed by atoms with Crippen LogP contribution in [0.15, 0.2) is 47.4 Å². The van der Waals surface area contributed by atoms with Crippen LogP contribution in [0.5, 0.6) is 0 Å². The van der Waals surface area contributed by atoms with Crippen LogP contribution in [-0.4, -0.2) is 9.67 Å². The van der Waals surface area contributed by atoms with Gasteiger partial charge in [0.15, 0.2) is 0 Å². The summed E-state index contributed by atoms with van der Waals surface area (Å²) in [6.45, 7) is 1.70. The van der Waals surface area contributed by atoms with Gasteiger partial charge >= 0.3 is 0 Å². The van der Waals surface area contributed by atoms with Crippen LogP contribution in [0.25, 0.3) is 5.69 Å². The van der Waals surface area contributed by atoms with Crippen molar-refractivity contribution in [3.05, 3.63) is 58.5 Å². The molecule has 0 fully saturated rings. The highest BCUT2D eigenvalue weighted by Crippen LogP contribution is 2.14. The Morgan fingerprint density at radius 3 is 2.47 bits per heavy atom. The molecule has 0 aliphatic heterocycles. The highest BCUT2D eigenvalue weighted by atomic mass is 16.3. The minimum atomic E-state index is -0.512. The summed E-state index contributed by atoms with van der Waals surface area (Å²) in [4.78, 5) is 11.8. The molecule has 4 nitrogen and oxygen atoms in total. The number of aliphatic hydroxyl groups excluding tert-OH is 1. The molecule has 0 saturated carbocycles. The summed E-state index contributed by atoms with van der Waals surface area (Å²) in [6.07, 6.45) is 1.15. The van der Waals surface area contributed by atoms with Gasteiger partial charge in [0.1, 0.15) is 0 Å². The van der Waals surface area contributed by atoms with E-state index < -0.39 is 6.10 Å². The largest absolute Gasteiger partial charge is 0.394 e. The quantitative estimate of drug-likeness (QED) is 0.821. The van der Waals surface area contributed by atoms with Gasteiger partial charge in [0.25, 0.3) is 5.56 Å². The van der Waals surface area contributed by atoms with E-state index >= 15 is 0 Å². The van der Waals surface area contributed by atoms with E-state index in [2.05, 4.69) is 0 Å². The van der Waals surface area contributed by atoms with E-state index in [-0.39, 0.29) is 11.2 Å². The zero-order chi connectivity index (χ0) is 12.4. The fraction of sp³-hybridized carbons (Fsp3) is 0.154. The number of benzene rings is 1. The summed E-state index contributed by atoms with van der Waals surface area (Å²) in [5.74, 6) is 0. The maximum atomic E-state index is 11.8. The van der Waals surface area contributed by atoms with Gasteiger partial charge in [-0.1, -0.05) is 12.1 Å². The molecule has 0 radical (unpaired) electrons. The third-order valence-corrected chi connectivity index (χ3v) is 2.63. The van der Waals surface area contributed by atoms with Crippen LogP contribution in [0.1, 0.15) is 18.6 Å². The Morgan fingerprint density at radius 2 is 1.88 bits per heavy atom. The second-order valence-corrected chi connectivity index (χ2v) is 3.91. The van der Waals surface area contributed by atoms with Crippen LogP contribution in [0.4, 0.5) is 5.69 Å². The van der Waals surface area contributed by atoms with Crippen molar-refractivity contribution in [3.8, 4) is 5.69 Å². The molecule has 1 atom stereocenters. The first-order chi connectivity index (χ1) is 8.09. The van der Waals surface area contributed by atoms with Crippen LogP contribution in [-0.2, 0) is 0 Å². The van der Waals surface area contributed by atoms with Crippen LogP contribution in [0.3, 0.4) is 0 Å². The summed E-state index contributed by atoms with van der Waals surface area (Å²) in [6, 6.07) is 10.4. The molecular formula is C13H14N2O2. The molecule has 0 aliphatic carbocycles. The zero-order valence-corrected chi connectivity index (χ0v) is 9.50. The molecule has 2 rings (SSSR count). The third kappa shape index (κ3) is 2.21. The normalized spacial score (nSPS) is 12.4. The molecular weight excluding hydrogens is 216 g/mol. The van der Waals surface area contributed by atoms with Gasteiger partial charge in [0.2, 0.25) is 0 Å². The Morgan fingerprint density at radius 1 is 1.24 bits per heavy atom. The Labute approximate surface area is 98.9 Å². The average molecular weight is 230 g/mol. The van der Waals surface area contributed by atoms with Gasteiger partial charge in [-0.25, -0.2) is 0 Å². The van der Waals surface area contributed by atoms with Crippen molar-refractivity contribution < 1.29 is 5.11 Å². The molecule has 0 aliphatic rings. The van der Waals surface area contributed by atoms with E-state index in [1.807, 2.05) is 0 Å². The summed E-state index contributed by atoms with van der Waals surface area (Å²) >= 11 is 0. The lowest BCUT2D eigenvalue weighted by Crippen LogP contribution is -2.20. The standard InChI is InChI=1S/C13H14N2O2/c1-9(16)10-4-6-11(7-5-10)15-8-2-3-12(14)13(15)17/h2-9,16H,14H2,1H3. The number of aliphatic hydroxyl groups is 1. The number of pyridine rings is 1. The molecule has 1 unspecified atom stereocenters. The molecule has 0 amide bonds. The van der Waals surface area contributed by atoms with E-state index in [0.717, 1.165) is 11.3 Å². The molecule has 2 aromatic rings. The Balaban J connectivity index is 2.47. The van der Waals surface area contributed by atoms with Crippen molar-refractivity contribution in [1.82, 2.24) is 4.57 Å². The Bertz CT molecular complexity index is 571. The summed E-state index contributed by atoms with van der Waals surface area (Å²) in [5, 5.41) is 9.40. The SMILES string of the molecule is CC(O)c1ccc(-n2cccc(N)c2=O)cc1. The van der Waals surface area contributed by atoms with E-state index in [9.17, 15) is 9.90 Å². The molecule has 1 heterocycles. The predicted octanol–water partition coefficient (Wildman–Crippen LogP) is 1.47. The highest BCUT2D eigenvalue weighted by Gasteiger charge is 2.04. The molecule has 17 heavy (non-hydrogen) atoms. The van der Waals surface area contributed by atoms with Gasteiger partial charge in [0, 0.05) is 11.9 Å². The van der Waals surface area contributed by atoms with Crippen LogP contribution >= 0.6 is 0 Å². The molecule has 3 N–H and O–H groups in total. The number of nitrogen functional groups attached to an aromatic ring is 1. The molecule has 1 aromatic carbocycles. The molecule has 88 valence electrons. The maximum Gasteiger partial charge on any atom is 0.278 e. The van der Waals surface area contributed by atoms with Crippen molar-refractivity contribution in [3.63, 3.8) is 0 Å². The first-order valence-electron chi connectivity index (χ1n) is 5.35. The van der Waals surface area contributed by atoms with Crippen molar-refractivity contribution in [1.29, 1.82) is 0 Å². The second kappa shape index (κ2) is 4.43. The van der Waals surface area contributed by atoms with Gasteiger partial charge in [-0.05, 0) is 36.8 Å². The minimum absolute atomic E-state index is 0.215. The first-order valence-corrected chi connectivity index (χ1v) is 5.35. The number of rotatable bonds is 2. The van der Waals surface area contributed by atoms with E-state index in [1.54, 1.807) is 49.5 Å². The first kappa shape index (κ1) is 11.4. The van der Waals surface area contributed by atoms with Crippen LogP contribution in [0.2, 0.25) is 0 Å². The van der Waals surface area contributed by atoms with Crippen molar-refractivity contribution >= 4 is 5.69 Å². The number of nitrogens with zero attached hydrogens (tertiary/aromatic N) is 1. The lowest BCUT2D eigenvalue weighted by Gasteiger charge is -2.08. The van der Waals surface area contributed by atoms with Crippen molar-refractivity contribution in [2.45, 2.75) is 13.0 Å². The van der Waals surface area contributed by atoms with Crippen LogP contribution in [0, 0.1) is 0 Å². The van der Waals surface area contributed by atoms with Gasteiger partial charge in [-0.2, -0.15) is 0 Å². The summed E-state index contributed by atoms with van der Waals surface area (Å²) < 4.78 is 1.47. The summed E-state index contributed by atoms with van der Waals surface area (Å²) in [7, 11) is 0. The molecule has 0 saturated heterocycles. The smallest absolute Gasteiger partial charge is 0.278 e. The Kier molecular flexibility index (Phi) is 2.97. The van der Waals surface area contributed by atoms with Crippen LogP contribution < -0.4 is 11.3 Å². The lowest BCUT2D eigenvalue weighted by atomic mass is 10.1. The molecule has 0 spiro atoms. The van der Waals surface area contributed by atoms with Gasteiger partial charge in [-0.15, -0.1) is 0 Å². The fourth-order valence-corrected chi connectivity index (χ4v) is 1.63. The van der Waals surface area contributed by atoms with Gasteiger partial charge < -0.3 is 10.8 Å². The lowest BCUT2D eigenvalue weighted by molar-refractivity contribution is 0.199. The number of hydrogen-bond donors (Lipinski definition) is 2. The van der Waals surface area contributed by atoms with Gasteiger partial charge in [0.05, 0.1) is 11.8 Å². The van der Waals surface area contributed by atoms with E-state index in [4.69, 9.17) is 5.73 Å². The number of aromatic nitrogens is 1. The number of hydrogen-bond acceptors (Lipinski definition) is 3. The minimum Gasteiger partial charge on any atom is -0.394 e. The topological polar surface area (TPSA) is 68.2 Å². The number of nitrogens with two attached hydrogens (primary N) is 1. The second-order valence-electron chi connectivity index (χ2n) is 3.91. The van der Waals surface area contributed by atoms with E-state index in [1.165, 1.54) is 4.57 Å². The van der Waals surface area contributed by atoms with Crippen molar-refractivity contribution in [2.24, 2.45) is 0 Å². The third-order valence-electron chi connectivity index (χ3n) is 2.63. The maximum absolute atomic E-state index is 11.8. The summed E-state index contributed by atoms with van der Waals surface area (Å²) in [5.41, 5.74) is 7.08. The zero-order valence-electron chi connectivity index (χ0n) is 9.50. The van der Waals surface area contributed by atoms with Gasteiger partial charge in [-0.3, -0.25) is 9.36 Å². The molecule has 1 aromatic heterocycles. The monoisotopic (exact) mass is 230 g/mol. The highest BCUT2D eigenvalue weighted by molar-refractivity contribution is 5.41. The van der Waals surface area contributed by atoms with E-state index in [0.29, 0.717) is 0 Å². The fourth-order valence-electron chi connectivity index (χ4n) is 1.63. The Hall–Kier alpha value is -2.07. The number of anilines is 1. The average Bonchev–Trinajstić information content (AvgIpc) is 2.33. The van der Waals surface area contributed by atoms with Crippen molar-refractivity contribution in [2.75, 3.05) is 5.73 Å².